The van der Waals surface area contributed by atoms with Crippen LogP contribution in [0.2, 0.25) is 0 Å². The van der Waals surface area contributed by atoms with E-state index in [1.165, 1.54) is 12.5 Å². The summed E-state index contributed by atoms with van der Waals surface area (Å²) in [5, 5.41) is 20.3. The zero-order valence-corrected chi connectivity index (χ0v) is 8.96. The summed E-state index contributed by atoms with van der Waals surface area (Å²) in [6.45, 7) is 2.69. The van der Waals surface area contributed by atoms with Gasteiger partial charge in [-0.05, 0) is 6.92 Å². The minimum atomic E-state index is -0.715. The second-order valence-electron chi connectivity index (χ2n) is 3.45. The van der Waals surface area contributed by atoms with Crippen molar-refractivity contribution < 1.29 is 5.11 Å². The van der Waals surface area contributed by atoms with E-state index >= 15 is 0 Å². The first kappa shape index (κ1) is 10.6. The number of nitrogens with zero attached hydrogens (tertiary/aromatic N) is 4. The number of rotatable bonds is 4. The quantitative estimate of drug-likeness (QED) is 0.668. The largest absolute Gasteiger partial charge is 0.388 e. The van der Waals surface area contributed by atoms with Gasteiger partial charge in [-0.1, -0.05) is 0 Å². The summed E-state index contributed by atoms with van der Waals surface area (Å²) in [4.78, 5) is 4.09. The van der Waals surface area contributed by atoms with Crippen molar-refractivity contribution in [1.82, 2.24) is 25.0 Å². The van der Waals surface area contributed by atoms with E-state index in [2.05, 4.69) is 20.3 Å². The summed E-state index contributed by atoms with van der Waals surface area (Å²) in [5.74, 6) is 1.12. The van der Waals surface area contributed by atoms with Crippen LogP contribution in [0.25, 0.3) is 0 Å². The standard InChI is InChI=1S/C9H14N6O/c1-2-15-8(11-5-13-15)3-7(16)6-4-12-14-9(6)10/h4-5,7,16H,2-3H2,1H3,(H3,10,12,14). The molecule has 1 atom stereocenters. The molecule has 0 aromatic carbocycles. The summed E-state index contributed by atoms with van der Waals surface area (Å²) < 4.78 is 1.74. The first-order valence-corrected chi connectivity index (χ1v) is 5.05. The fourth-order valence-corrected chi connectivity index (χ4v) is 1.56. The van der Waals surface area contributed by atoms with Crippen molar-refractivity contribution in [3.63, 3.8) is 0 Å². The predicted octanol–water partition coefficient (Wildman–Crippen LogP) is -0.121. The molecule has 4 N–H and O–H groups in total. The number of aliphatic hydroxyl groups is 1. The molecular weight excluding hydrogens is 208 g/mol. The first-order chi connectivity index (χ1) is 7.72. The Hall–Kier alpha value is -1.89. The van der Waals surface area contributed by atoms with Gasteiger partial charge in [0.15, 0.2) is 0 Å². The molecule has 1 unspecified atom stereocenters. The second kappa shape index (κ2) is 4.31. The summed E-state index contributed by atoms with van der Waals surface area (Å²) in [6, 6.07) is 0. The topological polar surface area (TPSA) is 106 Å². The van der Waals surface area contributed by atoms with Crippen molar-refractivity contribution >= 4 is 5.82 Å². The van der Waals surface area contributed by atoms with Crippen LogP contribution in [0, 0.1) is 0 Å². The van der Waals surface area contributed by atoms with E-state index in [0.29, 0.717) is 17.8 Å². The number of aromatic nitrogens is 5. The highest BCUT2D eigenvalue weighted by molar-refractivity contribution is 5.38. The van der Waals surface area contributed by atoms with Gasteiger partial charge in [0, 0.05) is 18.5 Å². The zero-order valence-electron chi connectivity index (χ0n) is 8.96. The number of aryl methyl sites for hydroxylation is 1. The number of nitrogens with one attached hydrogen (secondary N) is 1. The molecule has 2 aromatic heterocycles. The van der Waals surface area contributed by atoms with Crippen LogP contribution in [0.1, 0.15) is 24.4 Å². The van der Waals surface area contributed by atoms with Gasteiger partial charge >= 0.3 is 0 Å². The number of aromatic amines is 1. The zero-order chi connectivity index (χ0) is 11.5. The molecule has 0 saturated heterocycles. The number of nitrogens with two attached hydrogens (primary N) is 1. The number of hydrogen-bond acceptors (Lipinski definition) is 5. The number of H-pyrrole nitrogens is 1. The van der Waals surface area contributed by atoms with E-state index in [9.17, 15) is 5.11 Å². The van der Waals surface area contributed by atoms with E-state index < -0.39 is 6.10 Å². The number of anilines is 1. The highest BCUT2D eigenvalue weighted by Crippen LogP contribution is 2.20. The van der Waals surface area contributed by atoms with Crippen LogP contribution >= 0.6 is 0 Å². The number of nitrogen functional groups attached to an aromatic ring is 1. The monoisotopic (exact) mass is 222 g/mol. The molecule has 0 aliphatic carbocycles. The molecule has 0 aliphatic heterocycles. The summed E-state index contributed by atoms with van der Waals surface area (Å²) in [5.41, 5.74) is 6.21. The van der Waals surface area contributed by atoms with Crippen molar-refractivity contribution in [2.24, 2.45) is 0 Å². The van der Waals surface area contributed by atoms with Crippen LogP contribution in [0.3, 0.4) is 0 Å². The molecule has 2 aromatic rings. The molecule has 0 aliphatic rings. The molecule has 0 spiro atoms. The third-order valence-electron chi connectivity index (χ3n) is 2.43. The van der Waals surface area contributed by atoms with Gasteiger partial charge in [0.2, 0.25) is 0 Å². The summed E-state index contributed by atoms with van der Waals surface area (Å²) in [7, 11) is 0. The van der Waals surface area contributed by atoms with Crippen LogP contribution in [0.15, 0.2) is 12.5 Å². The summed E-state index contributed by atoms with van der Waals surface area (Å²) in [6.07, 6.45) is 2.65. The van der Waals surface area contributed by atoms with E-state index in [0.717, 1.165) is 12.4 Å². The Morgan fingerprint density at radius 1 is 1.62 bits per heavy atom. The van der Waals surface area contributed by atoms with Crippen LogP contribution < -0.4 is 5.73 Å². The van der Waals surface area contributed by atoms with E-state index in [1.54, 1.807) is 4.68 Å². The van der Waals surface area contributed by atoms with E-state index in [1.807, 2.05) is 6.92 Å². The molecule has 0 bridgehead atoms. The molecule has 0 fully saturated rings. The fourth-order valence-electron chi connectivity index (χ4n) is 1.56. The maximum atomic E-state index is 9.96. The Kier molecular flexibility index (Phi) is 2.86. The predicted molar refractivity (Wildman–Crippen MR) is 57.4 cm³/mol. The van der Waals surface area contributed by atoms with Crippen LogP contribution in [0.5, 0.6) is 0 Å². The molecule has 0 radical (unpaired) electrons. The third kappa shape index (κ3) is 1.89. The lowest BCUT2D eigenvalue weighted by molar-refractivity contribution is 0.175. The Labute approximate surface area is 92.3 Å². The van der Waals surface area contributed by atoms with Crippen LogP contribution in [-0.2, 0) is 13.0 Å². The minimum absolute atomic E-state index is 0.373. The molecule has 7 heteroatoms. The molecular formula is C9H14N6O. The van der Waals surface area contributed by atoms with Gasteiger partial charge < -0.3 is 10.8 Å². The molecule has 0 amide bonds. The average molecular weight is 222 g/mol. The highest BCUT2D eigenvalue weighted by atomic mass is 16.3. The molecule has 2 rings (SSSR count). The fraction of sp³-hybridized carbons (Fsp3) is 0.444. The maximum absolute atomic E-state index is 9.96. The highest BCUT2D eigenvalue weighted by Gasteiger charge is 2.16. The molecule has 0 saturated carbocycles. The smallest absolute Gasteiger partial charge is 0.138 e. The van der Waals surface area contributed by atoms with Crippen LogP contribution in [0.4, 0.5) is 5.82 Å². The van der Waals surface area contributed by atoms with Crippen molar-refractivity contribution in [2.75, 3.05) is 5.73 Å². The van der Waals surface area contributed by atoms with Gasteiger partial charge in [0.25, 0.3) is 0 Å². The van der Waals surface area contributed by atoms with Crippen molar-refractivity contribution in [2.45, 2.75) is 26.0 Å². The second-order valence-corrected chi connectivity index (χ2v) is 3.45. The molecule has 7 nitrogen and oxygen atoms in total. The van der Waals surface area contributed by atoms with Crippen molar-refractivity contribution in [3.8, 4) is 0 Å². The Morgan fingerprint density at radius 3 is 3.06 bits per heavy atom. The lowest BCUT2D eigenvalue weighted by atomic mass is 10.1. The Morgan fingerprint density at radius 2 is 2.44 bits per heavy atom. The normalized spacial score (nSPS) is 12.9. The Bertz CT molecular complexity index is 462. The lowest BCUT2D eigenvalue weighted by Gasteiger charge is -2.09. The van der Waals surface area contributed by atoms with Gasteiger partial charge in [-0.3, -0.25) is 9.78 Å². The van der Waals surface area contributed by atoms with Gasteiger partial charge in [-0.25, -0.2) is 4.98 Å². The van der Waals surface area contributed by atoms with Crippen LogP contribution in [-0.4, -0.2) is 30.1 Å². The van der Waals surface area contributed by atoms with E-state index in [-0.39, 0.29) is 0 Å². The van der Waals surface area contributed by atoms with Gasteiger partial charge in [0.1, 0.15) is 18.0 Å². The van der Waals surface area contributed by atoms with Crippen molar-refractivity contribution in [3.05, 3.63) is 23.9 Å². The SMILES string of the molecule is CCn1ncnc1CC(O)c1cn[nH]c1N. The van der Waals surface area contributed by atoms with Crippen molar-refractivity contribution in [1.29, 1.82) is 0 Å². The molecule has 2 heterocycles. The third-order valence-corrected chi connectivity index (χ3v) is 2.43. The number of aliphatic hydroxyl groups excluding tert-OH is 1. The van der Waals surface area contributed by atoms with E-state index in [4.69, 9.17) is 5.73 Å². The van der Waals surface area contributed by atoms with Gasteiger partial charge in [-0.15, -0.1) is 0 Å². The summed E-state index contributed by atoms with van der Waals surface area (Å²) >= 11 is 0. The number of hydrogen-bond donors (Lipinski definition) is 3. The first-order valence-electron chi connectivity index (χ1n) is 5.05. The molecule has 16 heavy (non-hydrogen) atoms. The Balaban J connectivity index is 2.13. The average Bonchev–Trinajstić information content (AvgIpc) is 2.86. The molecule has 86 valence electrons. The van der Waals surface area contributed by atoms with Gasteiger partial charge in [-0.2, -0.15) is 10.2 Å². The lowest BCUT2D eigenvalue weighted by Crippen LogP contribution is -2.10. The van der Waals surface area contributed by atoms with Gasteiger partial charge in [0.05, 0.1) is 12.3 Å². The maximum Gasteiger partial charge on any atom is 0.138 e. The minimum Gasteiger partial charge on any atom is -0.388 e.